The third-order valence-corrected chi connectivity index (χ3v) is 3.55. The van der Waals surface area contributed by atoms with Crippen LogP contribution >= 0.6 is 0 Å². The molecule has 0 spiro atoms. The average Bonchev–Trinajstić information content (AvgIpc) is 2.69. The average molecular weight is 247 g/mol. The van der Waals surface area contributed by atoms with Crippen molar-refractivity contribution in [1.82, 2.24) is 15.9 Å². The van der Waals surface area contributed by atoms with Gasteiger partial charge in [0, 0.05) is 12.0 Å². The molecule has 1 atom stereocenters. The highest BCUT2D eigenvalue weighted by Crippen LogP contribution is 2.29. The highest BCUT2D eigenvalue weighted by molar-refractivity contribution is 5.85. The summed E-state index contributed by atoms with van der Waals surface area (Å²) in [6.45, 7) is 5.08. The molecule has 1 aromatic carbocycles. The van der Waals surface area contributed by atoms with Gasteiger partial charge in [-0.2, -0.15) is 5.10 Å². The molecule has 2 heterocycles. The molecule has 1 saturated heterocycles. The topological polar surface area (TPSA) is 62.0 Å². The van der Waals surface area contributed by atoms with E-state index in [0.717, 1.165) is 18.7 Å². The van der Waals surface area contributed by atoms with E-state index in [-0.39, 0.29) is 12.4 Å². The van der Waals surface area contributed by atoms with Crippen LogP contribution in [0.15, 0.2) is 18.2 Å². The number of hydrogen-bond donors (Lipinski definition) is 1. The molecule has 0 amide bonds. The molecule has 3 rings (SSSR count). The number of aryl methyl sites for hydroxylation is 2. The van der Waals surface area contributed by atoms with Gasteiger partial charge in [0.25, 0.3) is 0 Å². The summed E-state index contributed by atoms with van der Waals surface area (Å²) in [5, 5.41) is 5.95. The van der Waals surface area contributed by atoms with Gasteiger partial charge in [0.15, 0.2) is 6.23 Å². The van der Waals surface area contributed by atoms with Crippen molar-refractivity contribution in [2.45, 2.75) is 39.3 Å². The Bertz CT molecular complexity index is 541. The van der Waals surface area contributed by atoms with Crippen molar-refractivity contribution in [3.05, 3.63) is 29.5 Å². The van der Waals surface area contributed by atoms with E-state index in [2.05, 4.69) is 41.8 Å². The number of aromatic nitrogens is 2. The summed E-state index contributed by atoms with van der Waals surface area (Å²) < 4.78 is 7.89. The van der Waals surface area contributed by atoms with Crippen LogP contribution in [0.4, 0.5) is 0 Å². The Kier molecular flexibility index (Phi) is 3.68. The standard InChI is InChI=1S/C14H18N2O.H3N/c1-10-6-5-7-12-14(10)11(2)15-16(12)13-8-3-4-9-17-13;/h5-7,13H,3-4,8-9H2,1-2H3;1H3. The van der Waals surface area contributed by atoms with Gasteiger partial charge < -0.3 is 10.9 Å². The van der Waals surface area contributed by atoms with E-state index in [4.69, 9.17) is 4.74 Å². The Morgan fingerprint density at radius 3 is 2.83 bits per heavy atom. The van der Waals surface area contributed by atoms with Crippen LogP contribution in [0.3, 0.4) is 0 Å². The fourth-order valence-corrected chi connectivity index (χ4v) is 2.72. The van der Waals surface area contributed by atoms with Crippen molar-refractivity contribution in [2.75, 3.05) is 6.61 Å². The van der Waals surface area contributed by atoms with Crippen molar-refractivity contribution in [2.24, 2.45) is 0 Å². The summed E-state index contributed by atoms with van der Waals surface area (Å²) in [4.78, 5) is 0. The fraction of sp³-hybridized carbons (Fsp3) is 0.500. The lowest BCUT2D eigenvalue weighted by Gasteiger charge is -2.23. The van der Waals surface area contributed by atoms with Crippen LogP contribution in [-0.2, 0) is 4.74 Å². The van der Waals surface area contributed by atoms with Gasteiger partial charge in [0.2, 0.25) is 0 Å². The summed E-state index contributed by atoms with van der Waals surface area (Å²) in [5.41, 5.74) is 3.60. The summed E-state index contributed by atoms with van der Waals surface area (Å²) >= 11 is 0. The summed E-state index contributed by atoms with van der Waals surface area (Å²) in [5.74, 6) is 0. The van der Waals surface area contributed by atoms with Crippen LogP contribution in [0.2, 0.25) is 0 Å². The number of hydrogen-bond acceptors (Lipinski definition) is 3. The molecule has 0 aliphatic carbocycles. The molecular weight excluding hydrogens is 226 g/mol. The maximum absolute atomic E-state index is 5.83. The summed E-state index contributed by atoms with van der Waals surface area (Å²) in [7, 11) is 0. The van der Waals surface area contributed by atoms with Crippen LogP contribution in [0.5, 0.6) is 0 Å². The number of nitrogens with zero attached hydrogens (tertiary/aromatic N) is 2. The van der Waals surface area contributed by atoms with Crippen LogP contribution in [0, 0.1) is 13.8 Å². The molecule has 0 saturated carbocycles. The Labute approximate surface area is 108 Å². The minimum Gasteiger partial charge on any atom is -0.356 e. The minimum absolute atomic E-state index is 0. The zero-order valence-corrected chi connectivity index (χ0v) is 11.1. The molecule has 0 bridgehead atoms. The van der Waals surface area contributed by atoms with E-state index in [1.807, 2.05) is 0 Å². The minimum atomic E-state index is 0. The Morgan fingerprint density at radius 2 is 2.11 bits per heavy atom. The Morgan fingerprint density at radius 1 is 1.28 bits per heavy atom. The monoisotopic (exact) mass is 247 g/mol. The molecule has 18 heavy (non-hydrogen) atoms. The predicted molar refractivity (Wildman–Crippen MR) is 73.1 cm³/mol. The first-order valence-electron chi connectivity index (χ1n) is 6.33. The number of benzene rings is 1. The second-order valence-electron chi connectivity index (χ2n) is 4.82. The number of fused-ring (bicyclic) bond motifs is 1. The van der Waals surface area contributed by atoms with Gasteiger partial charge >= 0.3 is 0 Å². The van der Waals surface area contributed by atoms with Crippen molar-refractivity contribution in [3.63, 3.8) is 0 Å². The maximum atomic E-state index is 5.83. The van der Waals surface area contributed by atoms with Gasteiger partial charge in [-0.25, -0.2) is 4.68 Å². The van der Waals surface area contributed by atoms with E-state index in [0.29, 0.717) is 0 Å². The zero-order valence-electron chi connectivity index (χ0n) is 11.1. The maximum Gasteiger partial charge on any atom is 0.150 e. The van der Waals surface area contributed by atoms with Crippen molar-refractivity contribution >= 4 is 10.9 Å². The second kappa shape index (κ2) is 5.08. The van der Waals surface area contributed by atoms with Gasteiger partial charge in [-0.15, -0.1) is 0 Å². The largest absolute Gasteiger partial charge is 0.356 e. The highest BCUT2D eigenvalue weighted by atomic mass is 16.5. The number of ether oxygens (including phenoxy) is 1. The predicted octanol–water partition coefficient (Wildman–Crippen LogP) is 3.51. The summed E-state index contributed by atoms with van der Waals surface area (Å²) in [6.07, 6.45) is 3.61. The normalized spacial score (nSPS) is 19.8. The van der Waals surface area contributed by atoms with Crippen LogP contribution in [0.25, 0.3) is 10.9 Å². The van der Waals surface area contributed by atoms with E-state index < -0.39 is 0 Å². The molecule has 2 aromatic rings. The molecule has 1 fully saturated rings. The quantitative estimate of drug-likeness (QED) is 0.838. The first kappa shape index (κ1) is 13.1. The van der Waals surface area contributed by atoms with E-state index in [1.54, 1.807) is 0 Å². The first-order chi connectivity index (χ1) is 8.27. The lowest BCUT2D eigenvalue weighted by atomic mass is 10.1. The SMILES string of the molecule is Cc1cccc2c1c(C)nn2C1CCCCO1.N. The smallest absolute Gasteiger partial charge is 0.150 e. The molecular formula is C14H21N3O. The van der Waals surface area contributed by atoms with Gasteiger partial charge in [0.05, 0.1) is 11.2 Å². The molecule has 3 N–H and O–H groups in total. The van der Waals surface area contributed by atoms with E-state index in [1.165, 1.54) is 29.3 Å². The molecule has 4 heteroatoms. The zero-order chi connectivity index (χ0) is 11.8. The third-order valence-electron chi connectivity index (χ3n) is 3.55. The lowest BCUT2D eigenvalue weighted by Crippen LogP contribution is -2.19. The lowest BCUT2D eigenvalue weighted by molar-refractivity contribution is -0.0368. The van der Waals surface area contributed by atoms with E-state index in [9.17, 15) is 0 Å². The Hall–Kier alpha value is -1.39. The second-order valence-corrected chi connectivity index (χ2v) is 4.82. The molecule has 98 valence electrons. The molecule has 1 aromatic heterocycles. The van der Waals surface area contributed by atoms with Crippen LogP contribution < -0.4 is 6.15 Å². The first-order valence-corrected chi connectivity index (χ1v) is 6.33. The van der Waals surface area contributed by atoms with Gasteiger partial charge in [-0.05, 0) is 44.7 Å². The van der Waals surface area contributed by atoms with Gasteiger partial charge in [-0.3, -0.25) is 0 Å². The molecule has 1 aliphatic heterocycles. The third kappa shape index (κ3) is 2.02. The fourth-order valence-electron chi connectivity index (χ4n) is 2.72. The molecule has 1 aliphatic rings. The molecule has 4 nitrogen and oxygen atoms in total. The molecule has 0 radical (unpaired) electrons. The summed E-state index contributed by atoms with van der Waals surface area (Å²) in [6, 6.07) is 6.38. The van der Waals surface area contributed by atoms with Crippen molar-refractivity contribution in [1.29, 1.82) is 0 Å². The van der Waals surface area contributed by atoms with Crippen molar-refractivity contribution < 1.29 is 4.74 Å². The number of rotatable bonds is 1. The Balaban J connectivity index is 0.00000120. The highest BCUT2D eigenvalue weighted by Gasteiger charge is 2.20. The van der Waals surface area contributed by atoms with Crippen LogP contribution in [0.1, 0.15) is 36.7 Å². The van der Waals surface area contributed by atoms with E-state index >= 15 is 0 Å². The van der Waals surface area contributed by atoms with Crippen molar-refractivity contribution in [3.8, 4) is 0 Å². The van der Waals surface area contributed by atoms with Gasteiger partial charge in [-0.1, -0.05) is 12.1 Å². The van der Waals surface area contributed by atoms with Crippen LogP contribution in [-0.4, -0.2) is 16.4 Å². The molecule has 1 unspecified atom stereocenters. The van der Waals surface area contributed by atoms with Gasteiger partial charge in [0.1, 0.15) is 0 Å².